The van der Waals surface area contributed by atoms with Crippen LogP contribution in [-0.4, -0.2) is 46.2 Å². The highest BCUT2D eigenvalue weighted by molar-refractivity contribution is 7.85. The third kappa shape index (κ3) is 9.71. The maximum atomic E-state index is 11.1. The van der Waals surface area contributed by atoms with Gasteiger partial charge in [0.05, 0.1) is 22.9 Å². The van der Waals surface area contributed by atoms with E-state index in [1.807, 2.05) is 24.3 Å². The SMILES string of the molecule is CS(=O)(=O)O.N=C(N)N.O=C(O)c1ccc2[nH]c(-c3ccc(Oc4ccc(Cl)cc4)cc3)nc2c1. The van der Waals surface area contributed by atoms with Gasteiger partial charge in [0.2, 0.25) is 0 Å². The second-order valence-corrected chi connectivity index (χ2v) is 8.79. The Hall–Kier alpha value is -4.13. The number of carbonyl (C=O) groups is 1. The van der Waals surface area contributed by atoms with Gasteiger partial charge < -0.3 is 26.3 Å². The molecular formula is C22H22ClN5O6S. The number of guanidine groups is 1. The average Bonchev–Trinajstić information content (AvgIpc) is 3.18. The summed E-state index contributed by atoms with van der Waals surface area (Å²) in [5, 5.41) is 15.8. The van der Waals surface area contributed by atoms with Gasteiger partial charge in [0.15, 0.2) is 5.96 Å². The van der Waals surface area contributed by atoms with Gasteiger partial charge in [0.1, 0.15) is 17.3 Å². The number of rotatable bonds is 4. The van der Waals surface area contributed by atoms with Crippen LogP contribution < -0.4 is 16.2 Å². The molecule has 4 aromatic rings. The maximum Gasteiger partial charge on any atom is 0.335 e. The highest BCUT2D eigenvalue weighted by atomic mass is 35.5. The minimum Gasteiger partial charge on any atom is -0.478 e. The van der Waals surface area contributed by atoms with Crippen LogP contribution in [0.25, 0.3) is 22.4 Å². The average molecular weight is 520 g/mol. The zero-order chi connectivity index (χ0) is 26.2. The fourth-order valence-corrected chi connectivity index (χ4v) is 2.72. The van der Waals surface area contributed by atoms with E-state index in [1.165, 1.54) is 0 Å². The number of aromatic nitrogens is 2. The molecule has 0 aliphatic rings. The molecule has 0 amide bonds. The first kappa shape index (κ1) is 27.1. The fourth-order valence-electron chi connectivity index (χ4n) is 2.60. The summed E-state index contributed by atoms with van der Waals surface area (Å²) in [6, 6.07) is 19.4. The van der Waals surface area contributed by atoms with Gasteiger partial charge in [0, 0.05) is 10.6 Å². The summed E-state index contributed by atoms with van der Waals surface area (Å²) in [5.41, 5.74) is 11.4. The summed E-state index contributed by atoms with van der Waals surface area (Å²) in [6.07, 6.45) is 0.715. The highest BCUT2D eigenvalue weighted by Crippen LogP contribution is 2.27. The number of carboxylic acids is 1. The molecule has 4 rings (SSSR count). The van der Waals surface area contributed by atoms with E-state index in [9.17, 15) is 13.2 Å². The predicted octanol–water partition coefficient (Wildman–Crippen LogP) is 3.72. The van der Waals surface area contributed by atoms with Crippen LogP contribution in [0.2, 0.25) is 5.02 Å². The van der Waals surface area contributed by atoms with Gasteiger partial charge in [-0.2, -0.15) is 8.42 Å². The first-order chi connectivity index (χ1) is 16.3. The molecule has 35 heavy (non-hydrogen) atoms. The summed E-state index contributed by atoms with van der Waals surface area (Å²) in [6.45, 7) is 0. The number of H-pyrrole nitrogens is 1. The number of hydrogen-bond donors (Lipinski definition) is 6. The van der Waals surface area contributed by atoms with Crippen molar-refractivity contribution in [2.24, 2.45) is 11.5 Å². The van der Waals surface area contributed by atoms with Crippen LogP contribution in [0.3, 0.4) is 0 Å². The number of nitrogens with one attached hydrogen (secondary N) is 2. The first-order valence-electron chi connectivity index (χ1n) is 9.60. The lowest BCUT2D eigenvalue weighted by atomic mass is 10.2. The first-order valence-corrected chi connectivity index (χ1v) is 11.8. The molecule has 0 aliphatic heterocycles. The Kier molecular flexibility index (Phi) is 9.17. The molecule has 184 valence electrons. The van der Waals surface area contributed by atoms with Crippen LogP contribution in [0.15, 0.2) is 66.7 Å². The smallest absolute Gasteiger partial charge is 0.335 e. The van der Waals surface area contributed by atoms with Crippen LogP contribution in [0.1, 0.15) is 10.4 Å². The van der Waals surface area contributed by atoms with Gasteiger partial charge >= 0.3 is 5.97 Å². The van der Waals surface area contributed by atoms with E-state index in [0.717, 1.165) is 11.1 Å². The number of fused-ring (bicyclic) bond motifs is 1. The van der Waals surface area contributed by atoms with E-state index < -0.39 is 16.1 Å². The van der Waals surface area contributed by atoms with Crippen molar-refractivity contribution in [3.05, 3.63) is 77.3 Å². The molecule has 11 nitrogen and oxygen atoms in total. The Morgan fingerprint density at radius 1 is 1.03 bits per heavy atom. The van der Waals surface area contributed by atoms with Gasteiger partial charge in [-0.05, 0) is 66.7 Å². The molecule has 3 aromatic carbocycles. The summed E-state index contributed by atoms with van der Waals surface area (Å²) in [5.74, 6) is 0.758. The van der Waals surface area contributed by atoms with Crippen LogP contribution >= 0.6 is 11.6 Å². The zero-order valence-corrected chi connectivity index (χ0v) is 19.8. The molecule has 8 N–H and O–H groups in total. The molecule has 0 saturated carbocycles. The van der Waals surface area contributed by atoms with Crippen molar-refractivity contribution in [1.82, 2.24) is 9.97 Å². The third-order valence-electron chi connectivity index (χ3n) is 3.91. The summed E-state index contributed by atoms with van der Waals surface area (Å²) in [7, 11) is -3.67. The number of halogens is 1. The molecule has 1 aromatic heterocycles. The molecular weight excluding hydrogens is 498 g/mol. The monoisotopic (exact) mass is 519 g/mol. The molecule has 0 radical (unpaired) electrons. The number of aromatic carboxylic acids is 1. The molecule has 0 unspecified atom stereocenters. The van der Waals surface area contributed by atoms with Crippen molar-refractivity contribution < 1.29 is 27.6 Å². The number of imidazole rings is 1. The maximum absolute atomic E-state index is 11.1. The highest BCUT2D eigenvalue weighted by Gasteiger charge is 2.09. The summed E-state index contributed by atoms with van der Waals surface area (Å²) >= 11 is 5.87. The van der Waals surface area contributed by atoms with Gasteiger partial charge in [-0.15, -0.1) is 0 Å². The van der Waals surface area contributed by atoms with Gasteiger partial charge in [-0.3, -0.25) is 9.96 Å². The molecule has 0 spiro atoms. The van der Waals surface area contributed by atoms with Crippen molar-refractivity contribution in [3.8, 4) is 22.9 Å². The van der Waals surface area contributed by atoms with E-state index in [4.69, 9.17) is 31.4 Å². The van der Waals surface area contributed by atoms with Crippen molar-refractivity contribution in [1.29, 1.82) is 5.41 Å². The molecule has 0 saturated heterocycles. The summed E-state index contributed by atoms with van der Waals surface area (Å²) in [4.78, 5) is 18.7. The van der Waals surface area contributed by atoms with Crippen LogP contribution in [0, 0.1) is 5.41 Å². The van der Waals surface area contributed by atoms with Gasteiger partial charge in [-0.25, -0.2) is 9.78 Å². The topological polar surface area (TPSA) is 205 Å². The van der Waals surface area contributed by atoms with Crippen molar-refractivity contribution in [2.75, 3.05) is 6.26 Å². The number of nitrogens with zero attached hydrogens (tertiary/aromatic N) is 1. The number of benzene rings is 3. The number of hydrogen-bond acceptors (Lipinski definition) is 6. The standard InChI is InChI=1S/C20H13ClN2O3.CH5N3.CH4O3S/c21-14-4-8-16(9-5-14)26-15-6-1-12(2-7-15)19-22-17-10-3-13(20(24)25)11-18(17)23-19;2-1(3)4;1-5(2,3)4/h1-11H,(H,22,23)(H,24,25);(H5,2,3,4);1H3,(H,2,3,4). The Morgan fingerprint density at radius 2 is 1.51 bits per heavy atom. The van der Waals surface area contributed by atoms with E-state index in [0.29, 0.717) is 34.1 Å². The lowest BCUT2D eigenvalue weighted by Crippen LogP contribution is -2.20. The Balaban J connectivity index is 0.000000414. The van der Waals surface area contributed by atoms with E-state index in [1.54, 1.807) is 42.5 Å². The van der Waals surface area contributed by atoms with E-state index >= 15 is 0 Å². The zero-order valence-electron chi connectivity index (χ0n) is 18.3. The fraction of sp³-hybridized carbons (Fsp3) is 0.0455. The quantitative estimate of drug-likeness (QED) is 0.132. The second kappa shape index (κ2) is 11.8. The Morgan fingerprint density at radius 3 is 2.00 bits per heavy atom. The Labute approximate surface area is 205 Å². The van der Waals surface area contributed by atoms with Gasteiger partial charge in [-0.1, -0.05) is 11.6 Å². The second-order valence-electron chi connectivity index (χ2n) is 6.89. The number of carboxylic acid groups (broad SMARTS) is 1. The van der Waals surface area contributed by atoms with Crippen LogP contribution in [0.4, 0.5) is 0 Å². The minimum absolute atomic E-state index is 0.210. The van der Waals surface area contributed by atoms with Crippen LogP contribution in [-0.2, 0) is 10.1 Å². The minimum atomic E-state index is -3.67. The summed E-state index contributed by atoms with van der Waals surface area (Å²) < 4.78 is 31.6. The largest absolute Gasteiger partial charge is 0.478 e. The van der Waals surface area contributed by atoms with Crippen LogP contribution in [0.5, 0.6) is 11.5 Å². The Bertz CT molecular complexity index is 1410. The van der Waals surface area contributed by atoms with Crippen molar-refractivity contribution in [2.45, 2.75) is 0 Å². The van der Waals surface area contributed by atoms with E-state index in [2.05, 4.69) is 21.4 Å². The lowest BCUT2D eigenvalue weighted by molar-refractivity contribution is 0.0697. The molecule has 0 fully saturated rings. The van der Waals surface area contributed by atoms with E-state index in [-0.39, 0.29) is 11.5 Å². The number of aromatic amines is 1. The van der Waals surface area contributed by atoms with Gasteiger partial charge in [0.25, 0.3) is 10.1 Å². The predicted molar refractivity (Wildman–Crippen MR) is 134 cm³/mol. The third-order valence-corrected chi connectivity index (χ3v) is 4.16. The number of ether oxygens (including phenoxy) is 1. The molecule has 1 heterocycles. The molecule has 0 atom stereocenters. The molecule has 0 aliphatic carbocycles. The number of nitrogens with two attached hydrogens (primary N) is 2. The molecule has 0 bridgehead atoms. The van der Waals surface area contributed by atoms with Crippen molar-refractivity contribution >= 4 is 44.7 Å². The lowest BCUT2D eigenvalue weighted by Gasteiger charge is -2.06. The normalized spacial score (nSPS) is 10.4. The van der Waals surface area contributed by atoms with Crippen molar-refractivity contribution in [3.63, 3.8) is 0 Å². The molecule has 13 heteroatoms.